The van der Waals surface area contributed by atoms with Gasteiger partial charge in [-0.25, -0.2) is 0 Å². The number of aliphatic hydroxyl groups excluding tert-OH is 1. The molecule has 5 heteroatoms. The summed E-state index contributed by atoms with van der Waals surface area (Å²) in [5, 5.41) is 39.0. The highest BCUT2D eigenvalue weighted by molar-refractivity contribution is 5.67. The average Bonchev–Trinajstić information content (AvgIpc) is 2.51. The molecule has 5 nitrogen and oxygen atoms in total. The highest BCUT2D eigenvalue weighted by Gasteiger charge is 2.30. The van der Waals surface area contributed by atoms with Crippen molar-refractivity contribution in [1.82, 2.24) is 0 Å². The van der Waals surface area contributed by atoms with Crippen LogP contribution in [0.4, 0.5) is 0 Å². The van der Waals surface area contributed by atoms with Crippen LogP contribution in [-0.2, 0) is 11.2 Å². The van der Waals surface area contributed by atoms with E-state index in [1.807, 2.05) is 13.0 Å². The number of aryl methyl sites for hydroxylation is 1. The number of aliphatic hydroxyl groups is 1. The Labute approximate surface area is 141 Å². The topological polar surface area (TPSA) is 98.0 Å². The fourth-order valence-corrected chi connectivity index (χ4v) is 3.36. The first-order valence-corrected chi connectivity index (χ1v) is 8.05. The van der Waals surface area contributed by atoms with Crippen LogP contribution in [0, 0.1) is 5.92 Å². The Morgan fingerprint density at radius 2 is 1.92 bits per heavy atom. The van der Waals surface area contributed by atoms with Gasteiger partial charge in [0.05, 0.1) is 6.61 Å². The number of hydrogen-bond donors (Lipinski definition) is 4. The maximum atomic E-state index is 10.7. The quantitative estimate of drug-likeness (QED) is 0.600. The van der Waals surface area contributed by atoms with Crippen molar-refractivity contribution in [1.29, 1.82) is 0 Å². The van der Waals surface area contributed by atoms with Crippen LogP contribution in [0.2, 0.25) is 0 Å². The zero-order valence-corrected chi connectivity index (χ0v) is 13.8. The maximum absolute atomic E-state index is 10.7. The Morgan fingerprint density at radius 3 is 2.42 bits per heavy atom. The van der Waals surface area contributed by atoms with Crippen LogP contribution in [-0.4, -0.2) is 33.0 Å². The van der Waals surface area contributed by atoms with Gasteiger partial charge in [-0.15, -0.1) is 0 Å². The van der Waals surface area contributed by atoms with Crippen LogP contribution < -0.4 is 0 Å². The second-order valence-electron chi connectivity index (χ2n) is 6.44. The number of phenols is 2. The van der Waals surface area contributed by atoms with Gasteiger partial charge in [0.2, 0.25) is 0 Å². The number of allylic oxidation sites excluding steroid dienone is 2. The monoisotopic (exact) mass is 332 g/mol. The number of carbonyl (C=O) groups is 1. The summed E-state index contributed by atoms with van der Waals surface area (Å²) in [6, 6.07) is 3.02. The molecule has 0 heterocycles. The van der Waals surface area contributed by atoms with Crippen LogP contribution in [0.1, 0.15) is 43.2 Å². The Bertz CT molecular complexity index is 651. The van der Waals surface area contributed by atoms with Gasteiger partial charge in [0.1, 0.15) is 11.5 Å². The molecule has 1 aliphatic rings. The molecule has 0 aliphatic heterocycles. The van der Waals surface area contributed by atoms with Gasteiger partial charge in [0.25, 0.3) is 0 Å². The van der Waals surface area contributed by atoms with E-state index in [0.29, 0.717) is 11.1 Å². The predicted molar refractivity (Wildman–Crippen MR) is 91.2 cm³/mol. The molecule has 2 atom stereocenters. The second kappa shape index (κ2) is 7.53. The van der Waals surface area contributed by atoms with Gasteiger partial charge in [-0.05, 0) is 55.4 Å². The average molecular weight is 332 g/mol. The van der Waals surface area contributed by atoms with Crippen molar-refractivity contribution in [2.45, 2.75) is 38.5 Å². The Hall–Kier alpha value is -2.27. The summed E-state index contributed by atoms with van der Waals surface area (Å²) in [6.07, 6.45) is 3.64. The lowest BCUT2D eigenvalue weighted by atomic mass is 9.73. The van der Waals surface area contributed by atoms with Crippen molar-refractivity contribution in [2.75, 3.05) is 6.61 Å². The first kappa shape index (κ1) is 18.1. The van der Waals surface area contributed by atoms with Crippen molar-refractivity contribution >= 4 is 5.97 Å². The molecule has 0 saturated heterocycles. The van der Waals surface area contributed by atoms with Crippen molar-refractivity contribution in [3.63, 3.8) is 0 Å². The third-order valence-corrected chi connectivity index (χ3v) is 4.62. The van der Waals surface area contributed by atoms with E-state index in [1.54, 1.807) is 0 Å². The number of carboxylic acids is 1. The maximum Gasteiger partial charge on any atom is 0.303 e. The van der Waals surface area contributed by atoms with Gasteiger partial charge in [0.15, 0.2) is 0 Å². The lowest BCUT2D eigenvalue weighted by Crippen LogP contribution is -2.18. The summed E-state index contributed by atoms with van der Waals surface area (Å²) in [7, 11) is 0. The minimum Gasteiger partial charge on any atom is -0.507 e. The molecule has 0 bridgehead atoms. The molecular formula is C19H24O5. The standard InChI is InChI=1S/C19H24O5/c1-11(2)14-5-3-13(10-20)7-15(14)19-16(21)8-12(9-17(19)22)4-6-18(23)24/h7-9,14-15,20-22H,1,3-6,10H2,2H3,(H,23,24)/t14-,15?/m0/s1. The molecule has 0 radical (unpaired) electrons. The summed E-state index contributed by atoms with van der Waals surface area (Å²) in [5.74, 6) is -1.22. The smallest absolute Gasteiger partial charge is 0.303 e. The fraction of sp³-hybridized carbons (Fsp3) is 0.421. The van der Waals surface area contributed by atoms with Crippen LogP contribution in [0.25, 0.3) is 0 Å². The molecule has 1 aromatic carbocycles. The van der Waals surface area contributed by atoms with Gasteiger partial charge in [-0.1, -0.05) is 18.2 Å². The van der Waals surface area contributed by atoms with Crippen LogP contribution in [0.3, 0.4) is 0 Å². The second-order valence-corrected chi connectivity index (χ2v) is 6.44. The molecule has 1 aromatic rings. The van der Waals surface area contributed by atoms with E-state index in [4.69, 9.17) is 5.11 Å². The van der Waals surface area contributed by atoms with Gasteiger partial charge >= 0.3 is 5.97 Å². The minimum absolute atomic E-state index is 0.0440. The third-order valence-electron chi connectivity index (χ3n) is 4.62. The van der Waals surface area contributed by atoms with E-state index in [2.05, 4.69) is 6.58 Å². The van der Waals surface area contributed by atoms with Gasteiger partial charge in [-0.3, -0.25) is 4.79 Å². The molecule has 4 N–H and O–H groups in total. The summed E-state index contributed by atoms with van der Waals surface area (Å²) >= 11 is 0. The lowest BCUT2D eigenvalue weighted by molar-refractivity contribution is -0.136. The summed E-state index contributed by atoms with van der Waals surface area (Å²) in [5.41, 5.74) is 2.83. The molecule has 0 amide bonds. The highest BCUT2D eigenvalue weighted by Crippen LogP contribution is 2.46. The number of hydrogen-bond acceptors (Lipinski definition) is 4. The molecule has 0 fully saturated rings. The SMILES string of the molecule is C=C(C)[C@@H]1CCC(CO)=CC1c1c(O)cc(CCC(=O)O)cc1O. The van der Waals surface area contributed by atoms with Crippen molar-refractivity contribution in [3.05, 3.63) is 47.1 Å². The zero-order chi connectivity index (χ0) is 17.9. The molecule has 0 spiro atoms. The van der Waals surface area contributed by atoms with Crippen molar-refractivity contribution < 1.29 is 25.2 Å². The van der Waals surface area contributed by atoms with E-state index < -0.39 is 5.97 Å². The largest absolute Gasteiger partial charge is 0.507 e. The number of aromatic hydroxyl groups is 2. The number of rotatable bonds is 6. The van der Waals surface area contributed by atoms with Crippen molar-refractivity contribution in [3.8, 4) is 11.5 Å². The van der Waals surface area contributed by atoms with Gasteiger partial charge < -0.3 is 20.4 Å². The first-order valence-electron chi connectivity index (χ1n) is 8.05. The van der Waals surface area contributed by atoms with E-state index in [1.165, 1.54) is 12.1 Å². The molecule has 130 valence electrons. The Kier molecular flexibility index (Phi) is 5.67. The van der Waals surface area contributed by atoms with Crippen molar-refractivity contribution in [2.24, 2.45) is 5.92 Å². The van der Waals surface area contributed by atoms with Crippen LogP contribution >= 0.6 is 0 Å². The molecule has 1 unspecified atom stereocenters. The molecular weight excluding hydrogens is 308 g/mol. The van der Waals surface area contributed by atoms with E-state index >= 15 is 0 Å². The minimum atomic E-state index is -0.928. The Morgan fingerprint density at radius 1 is 1.29 bits per heavy atom. The molecule has 0 aromatic heterocycles. The molecule has 2 rings (SSSR count). The fourth-order valence-electron chi connectivity index (χ4n) is 3.36. The normalized spacial score (nSPS) is 20.5. The summed E-state index contributed by atoms with van der Waals surface area (Å²) < 4.78 is 0. The third kappa shape index (κ3) is 3.97. The first-order chi connectivity index (χ1) is 11.3. The number of carboxylic acid groups (broad SMARTS) is 1. The highest BCUT2D eigenvalue weighted by atomic mass is 16.4. The molecule has 1 aliphatic carbocycles. The number of benzene rings is 1. The predicted octanol–water partition coefficient (Wildman–Crippen LogP) is 3.10. The molecule has 0 saturated carbocycles. The summed E-state index contributed by atoms with van der Waals surface area (Å²) in [6.45, 7) is 5.89. The summed E-state index contributed by atoms with van der Waals surface area (Å²) in [4.78, 5) is 10.7. The van der Waals surface area contributed by atoms with Crippen LogP contribution in [0.15, 0.2) is 35.9 Å². The number of aliphatic carboxylic acids is 1. The molecule has 24 heavy (non-hydrogen) atoms. The Balaban J connectivity index is 2.41. The van der Waals surface area contributed by atoms with Gasteiger partial charge in [0, 0.05) is 17.9 Å². The van der Waals surface area contributed by atoms with E-state index in [0.717, 1.165) is 24.0 Å². The number of phenolic OH excluding ortho intramolecular Hbond substituents is 2. The van der Waals surface area contributed by atoms with Crippen LogP contribution in [0.5, 0.6) is 11.5 Å². The van der Waals surface area contributed by atoms with E-state index in [9.17, 15) is 20.1 Å². The lowest BCUT2D eigenvalue weighted by Gasteiger charge is -2.31. The van der Waals surface area contributed by atoms with E-state index in [-0.39, 0.29) is 42.8 Å². The van der Waals surface area contributed by atoms with Gasteiger partial charge in [-0.2, -0.15) is 0 Å². The zero-order valence-electron chi connectivity index (χ0n) is 13.8.